The van der Waals surface area contributed by atoms with Gasteiger partial charge in [-0.25, -0.2) is 5.01 Å². The lowest BCUT2D eigenvalue weighted by Crippen LogP contribution is -2.09. The minimum atomic E-state index is 0.945. The van der Waals surface area contributed by atoms with Crippen molar-refractivity contribution in [3.05, 3.63) is 60.7 Å². The zero-order valence-electron chi connectivity index (χ0n) is 15.3. The fraction of sp³-hybridized carbons (Fsp3) is 0.435. The third kappa shape index (κ3) is 5.19. The van der Waals surface area contributed by atoms with Crippen LogP contribution in [0.15, 0.2) is 65.8 Å². The topological polar surface area (TPSA) is 15.6 Å². The molecular weight excluding hydrogens is 304 g/mol. The maximum atomic E-state index is 4.76. The Bertz CT molecular complexity index is 596. The van der Waals surface area contributed by atoms with E-state index in [0.29, 0.717) is 0 Å². The predicted octanol–water partition coefficient (Wildman–Crippen LogP) is 6.81. The summed E-state index contributed by atoms with van der Waals surface area (Å²) in [5.74, 6) is 1.92. The molecule has 0 heterocycles. The number of para-hydroxylation sites is 2. The van der Waals surface area contributed by atoms with Crippen molar-refractivity contribution in [2.24, 2.45) is 16.9 Å². The van der Waals surface area contributed by atoms with Crippen LogP contribution in [0.25, 0.3) is 0 Å². The summed E-state index contributed by atoms with van der Waals surface area (Å²) in [7, 11) is 0. The Hall–Kier alpha value is -2.09. The Morgan fingerprint density at radius 3 is 2.12 bits per heavy atom. The molecule has 0 bridgehead atoms. The van der Waals surface area contributed by atoms with E-state index in [9.17, 15) is 0 Å². The minimum absolute atomic E-state index is 0.945. The fourth-order valence-corrected chi connectivity index (χ4v) is 3.85. The molecule has 0 saturated heterocycles. The van der Waals surface area contributed by atoms with Gasteiger partial charge in [-0.15, -0.1) is 0 Å². The molecule has 0 aliphatic heterocycles. The van der Waals surface area contributed by atoms with Crippen LogP contribution in [-0.4, -0.2) is 6.21 Å². The first-order chi connectivity index (χ1) is 12.3. The summed E-state index contributed by atoms with van der Waals surface area (Å²) in [6, 6.07) is 20.7. The third-order valence-electron chi connectivity index (χ3n) is 5.40. The van der Waals surface area contributed by atoms with Crippen LogP contribution in [0.1, 0.15) is 51.9 Å². The van der Waals surface area contributed by atoms with Gasteiger partial charge in [0, 0.05) is 6.21 Å². The van der Waals surface area contributed by atoms with Crippen molar-refractivity contribution < 1.29 is 0 Å². The first kappa shape index (κ1) is 17.7. The van der Waals surface area contributed by atoms with Gasteiger partial charge in [-0.3, -0.25) is 0 Å². The molecular formula is C23H30N2. The highest BCUT2D eigenvalue weighted by Gasteiger charge is 2.22. The van der Waals surface area contributed by atoms with Gasteiger partial charge in [-0.05, 0) is 48.9 Å². The van der Waals surface area contributed by atoms with Crippen molar-refractivity contribution in [2.45, 2.75) is 51.9 Å². The van der Waals surface area contributed by atoms with Crippen molar-refractivity contribution in [1.82, 2.24) is 0 Å². The predicted molar refractivity (Wildman–Crippen MR) is 108 cm³/mol. The molecule has 1 saturated carbocycles. The highest BCUT2D eigenvalue weighted by molar-refractivity contribution is 5.67. The van der Waals surface area contributed by atoms with Gasteiger partial charge in [0.15, 0.2) is 0 Å². The molecule has 2 aromatic carbocycles. The van der Waals surface area contributed by atoms with E-state index in [0.717, 1.165) is 29.6 Å². The number of hydrogen-bond donors (Lipinski definition) is 0. The Balaban J connectivity index is 1.53. The van der Waals surface area contributed by atoms with Crippen molar-refractivity contribution in [2.75, 3.05) is 5.01 Å². The van der Waals surface area contributed by atoms with E-state index in [4.69, 9.17) is 5.10 Å². The average Bonchev–Trinajstić information content (AvgIpc) is 3.07. The Morgan fingerprint density at radius 2 is 1.56 bits per heavy atom. The lowest BCUT2D eigenvalue weighted by atomic mass is 9.92. The number of anilines is 2. The van der Waals surface area contributed by atoms with Gasteiger partial charge in [0.25, 0.3) is 0 Å². The summed E-state index contributed by atoms with van der Waals surface area (Å²) in [5, 5.41) is 6.78. The number of unbranched alkanes of at least 4 members (excludes halogenated alkanes) is 2. The molecule has 2 unspecified atom stereocenters. The minimum Gasteiger partial charge on any atom is -0.234 e. The monoisotopic (exact) mass is 334 g/mol. The van der Waals surface area contributed by atoms with E-state index < -0.39 is 0 Å². The van der Waals surface area contributed by atoms with E-state index in [1.54, 1.807) is 0 Å². The van der Waals surface area contributed by atoms with Gasteiger partial charge in [0.1, 0.15) is 0 Å². The molecule has 0 aromatic heterocycles. The zero-order chi connectivity index (χ0) is 17.3. The first-order valence-electron chi connectivity index (χ1n) is 9.77. The molecule has 1 aliphatic carbocycles. The van der Waals surface area contributed by atoms with Crippen LogP contribution in [0.3, 0.4) is 0 Å². The summed E-state index contributed by atoms with van der Waals surface area (Å²) in [6.07, 6.45) is 11.4. The molecule has 132 valence electrons. The van der Waals surface area contributed by atoms with Crippen LogP contribution in [-0.2, 0) is 0 Å². The van der Waals surface area contributed by atoms with Gasteiger partial charge < -0.3 is 0 Å². The highest BCUT2D eigenvalue weighted by Crippen LogP contribution is 2.34. The third-order valence-corrected chi connectivity index (χ3v) is 5.40. The maximum Gasteiger partial charge on any atom is 0.0652 e. The second kappa shape index (κ2) is 9.41. The molecule has 1 aliphatic rings. The van der Waals surface area contributed by atoms with Gasteiger partial charge in [-0.2, -0.15) is 5.10 Å². The van der Waals surface area contributed by atoms with Crippen LogP contribution >= 0.6 is 0 Å². The van der Waals surface area contributed by atoms with Crippen molar-refractivity contribution >= 4 is 17.6 Å². The number of rotatable bonds is 8. The normalized spacial score (nSPS) is 20.2. The van der Waals surface area contributed by atoms with Gasteiger partial charge in [-0.1, -0.05) is 75.4 Å². The number of hydrazone groups is 1. The smallest absolute Gasteiger partial charge is 0.0652 e. The molecule has 0 N–H and O–H groups in total. The second-order valence-electron chi connectivity index (χ2n) is 7.23. The average molecular weight is 335 g/mol. The summed E-state index contributed by atoms with van der Waals surface area (Å²) < 4.78 is 0. The lowest BCUT2D eigenvalue weighted by Gasteiger charge is -2.19. The first-order valence-corrected chi connectivity index (χ1v) is 9.77. The molecule has 1 fully saturated rings. The summed E-state index contributed by atoms with van der Waals surface area (Å²) >= 11 is 0. The van der Waals surface area contributed by atoms with Gasteiger partial charge in [0.2, 0.25) is 0 Å². The Morgan fingerprint density at radius 1 is 0.920 bits per heavy atom. The van der Waals surface area contributed by atoms with Crippen molar-refractivity contribution in [3.8, 4) is 0 Å². The molecule has 0 amide bonds. The van der Waals surface area contributed by atoms with Crippen LogP contribution in [0.2, 0.25) is 0 Å². The van der Waals surface area contributed by atoms with E-state index in [2.05, 4.69) is 61.7 Å². The molecule has 0 radical (unpaired) electrons. The number of benzene rings is 2. The highest BCUT2D eigenvalue weighted by atomic mass is 15.5. The van der Waals surface area contributed by atoms with E-state index >= 15 is 0 Å². The Kier molecular flexibility index (Phi) is 6.67. The molecule has 2 nitrogen and oxygen atoms in total. The van der Waals surface area contributed by atoms with Gasteiger partial charge >= 0.3 is 0 Å². The maximum absolute atomic E-state index is 4.76. The molecule has 2 aromatic rings. The second-order valence-corrected chi connectivity index (χ2v) is 7.23. The van der Waals surface area contributed by atoms with E-state index in [1.165, 1.54) is 38.5 Å². The summed E-state index contributed by atoms with van der Waals surface area (Å²) in [6.45, 7) is 2.43. The molecule has 3 rings (SSSR count). The molecule has 25 heavy (non-hydrogen) atoms. The van der Waals surface area contributed by atoms with E-state index in [-0.39, 0.29) is 0 Å². The molecule has 2 heteroatoms. The number of hydrogen-bond acceptors (Lipinski definition) is 2. The van der Waals surface area contributed by atoms with Crippen LogP contribution in [0, 0.1) is 11.8 Å². The van der Waals surface area contributed by atoms with Crippen LogP contribution in [0.4, 0.5) is 11.4 Å². The summed E-state index contributed by atoms with van der Waals surface area (Å²) in [4.78, 5) is 0. The van der Waals surface area contributed by atoms with Crippen molar-refractivity contribution in [1.29, 1.82) is 0 Å². The molecule has 2 atom stereocenters. The zero-order valence-corrected chi connectivity index (χ0v) is 15.3. The molecule has 0 spiro atoms. The van der Waals surface area contributed by atoms with Crippen LogP contribution in [0.5, 0.6) is 0 Å². The summed E-state index contributed by atoms with van der Waals surface area (Å²) in [5.41, 5.74) is 2.20. The lowest BCUT2D eigenvalue weighted by molar-refractivity contribution is 0.379. The standard InChI is InChI=1S/C23H30N2/c1-20-12-11-14-21(20)13-5-4-10-19-24-25(22-15-6-2-7-16-22)23-17-8-3-9-18-23/h2-3,6-9,15-21H,4-5,10-14H2,1H3/b24-19+. The largest absolute Gasteiger partial charge is 0.234 e. The van der Waals surface area contributed by atoms with Crippen LogP contribution < -0.4 is 5.01 Å². The van der Waals surface area contributed by atoms with E-state index in [1.807, 2.05) is 17.1 Å². The quantitative estimate of drug-likeness (QED) is 0.294. The SMILES string of the molecule is CC1CCCC1CCCC/C=N/N(c1ccccc1)c1ccccc1. The Labute approximate surface area is 152 Å². The van der Waals surface area contributed by atoms with Gasteiger partial charge in [0.05, 0.1) is 11.4 Å². The number of nitrogens with zero attached hydrogens (tertiary/aromatic N) is 2. The van der Waals surface area contributed by atoms with Crippen molar-refractivity contribution in [3.63, 3.8) is 0 Å². The fourth-order valence-electron chi connectivity index (χ4n) is 3.85.